The molecule has 0 radical (unpaired) electrons. The van der Waals surface area contributed by atoms with Crippen molar-refractivity contribution in [3.8, 4) is 22.5 Å². The molecule has 1 aliphatic heterocycles. The third kappa shape index (κ3) is 8.99. The van der Waals surface area contributed by atoms with Crippen LogP contribution in [0.1, 0.15) is 36.8 Å². The first kappa shape index (κ1) is 36.6. The van der Waals surface area contributed by atoms with Crippen LogP contribution in [0.3, 0.4) is 0 Å². The predicted molar refractivity (Wildman–Crippen MR) is 192 cm³/mol. The van der Waals surface area contributed by atoms with E-state index in [0.29, 0.717) is 75.6 Å². The molecule has 1 saturated heterocycles. The normalized spacial score (nSPS) is 18.6. The number of carbonyl (C=O) groups is 3. The number of H-pyrrole nitrogens is 1. The van der Waals surface area contributed by atoms with Gasteiger partial charge >= 0.3 is 6.09 Å². The number of tetrazole rings is 1. The van der Waals surface area contributed by atoms with Crippen molar-refractivity contribution in [1.29, 1.82) is 0 Å². The predicted octanol–water partition coefficient (Wildman–Crippen LogP) is 3.60. The van der Waals surface area contributed by atoms with Gasteiger partial charge in [0.25, 0.3) is 0 Å². The number of carbonyl (C=O) groups excluding carboxylic acids is 2. The minimum atomic E-state index is -3.72. The van der Waals surface area contributed by atoms with Crippen LogP contribution in [0.25, 0.3) is 22.5 Å². The SMILES string of the molecule is Cc1ccc(S(=O)(=O)N2CCOCC2)cc1-c1cccc(C[C@H](NC(=O)C2CCC(CNC(=O)O)CC2)C(=O)Nc2ccc(-c3nn[nH]n3)cc2)c1. The maximum atomic E-state index is 13.9. The number of benzene rings is 3. The Bertz CT molecular complexity index is 1980. The van der Waals surface area contributed by atoms with Gasteiger partial charge < -0.3 is 25.8 Å². The van der Waals surface area contributed by atoms with Crippen molar-refractivity contribution in [2.24, 2.45) is 11.8 Å². The highest BCUT2D eigenvalue weighted by Gasteiger charge is 2.31. The molecule has 3 aromatic carbocycles. The zero-order valence-electron chi connectivity index (χ0n) is 28.7. The molecule has 2 heterocycles. The second-order valence-corrected chi connectivity index (χ2v) is 15.1. The summed E-state index contributed by atoms with van der Waals surface area (Å²) in [6.45, 7) is 3.55. The summed E-state index contributed by atoms with van der Waals surface area (Å²) < 4.78 is 33.7. The fourth-order valence-corrected chi connectivity index (χ4v) is 8.12. The number of anilines is 1. The molecule has 6 rings (SSSR count). The Morgan fingerprint density at radius 1 is 0.981 bits per heavy atom. The van der Waals surface area contributed by atoms with Crippen LogP contribution in [0.4, 0.5) is 10.5 Å². The lowest BCUT2D eigenvalue weighted by Crippen LogP contribution is -2.48. The summed E-state index contributed by atoms with van der Waals surface area (Å²) in [7, 11) is -3.72. The van der Waals surface area contributed by atoms with Gasteiger partial charge in [0.2, 0.25) is 27.7 Å². The quantitative estimate of drug-likeness (QED) is 0.143. The van der Waals surface area contributed by atoms with E-state index in [2.05, 4.69) is 36.6 Å². The minimum Gasteiger partial charge on any atom is -0.465 e. The zero-order chi connectivity index (χ0) is 36.7. The molecule has 5 N–H and O–H groups in total. The van der Waals surface area contributed by atoms with E-state index < -0.39 is 28.1 Å². The van der Waals surface area contributed by atoms with Crippen LogP contribution in [-0.2, 0) is 30.8 Å². The molecule has 274 valence electrons. The van der Waals surface area contributed by atoms with Crippen LogP contribution in [0.15, 0.2) is 71.6 Å². The molecule has 1 aromatic heterocycles. The van der Waals surface area contributed by atoms with Gasteiger partial charge in [0.15, 0.2) is 0 Å². The van der Waals surface area contributed by atoms with Gasteiger partial charge in [-0.2, -0.15) is 9.52 Å². The van der Waals surface area contributed by atoms with Gasteiger partial charge in [-0.1, -0.05) is 30.3 Å². The van der Waals surface area contributed by atoms with E-state index in [1.54, 1.807) is 42.5 Å². The largest absolute Gasteiger partial charge is 0.465 e. The Hall–Kier alpha value is -5.19. The Kier molecular flexibility index (Phi) is 11.6. The number of sulfonamides is 1. The standard InChI is InChI=1S/C36H42N8O7S/c1-23-5-14-30(52(49,50)44-15-17-51-18-16-44)21-31(23)28-4-2-3-25(19-28)20-32(39-34(45)27-8-6-24(7-9-27)22-37-36(47)48)35(46)38-29-12-10-26(11-13-29)33-40-42-43-41-33/h2-5,10-14,19,21,24,27,32,37H,6-9,15-18,20,22H2,1H3,(H,38,46)(H,39,45)(H,47,48)(H,40,41,42,43)/t24?,27?,32-/m0/s1. The summed E-state index contributed by atoms with van der Waals surface area (Å²) in [4.78, 5) is 38.6. The molecule has 3 amide bonds. The Morgan fingerprint density at radius 2 is 1.73 bits per heavy atom. The number of carboxylic acid groups (broad SMARTS) is 1. The van der Waals surface area contributed by atoms with Crippen LogP contribution < -0.4 is 16.0 Å². The van der Waals surface area contributed by atoms with E-state index in [1.807, 2.05) is 31.2 Å². The van der Waals surface area contributed by atoms with E-state index in [4.69, 9.17) is 9.84 Å². The molecule has 1 aliphatic carbocycles. The summed E-state index contributed by atoms with van der Waals surface area (Å²) in [6, 6.07) is 18.7. The fourth-order valence-electron chi connectivity index (χ4n) is 6.69. The second kappa shape index (κ2) is 16.4. The third-order valence-electron chi connectivity index (χ3n) is 9.64. The van der Waals surface area contributed by atoms with Crippen LogP contribution >= 0.6 is 0 Å². The summed E-state index contributed by atoms with van der Waals surface area (Å²) in [5, 5.41) is 31.3. The van der Waals surface area contributed by atoms with E-state index in [0.717, 1.165) is 22.3 Å². The monoisotopic (exact) mass is 730 g/mol. The Labute approximate surface area is 301 Å². The first-order valence-corrected chi connectivity index (χ1v) is 18.7. The van der Waals surface area contributed by atoms with Gasteiger partial charge in [0.05, 0.1) is 18.1 Å². The summed E-state index contributed by atoms with van der Waals surface area (Å²) in [6.07, 6.45) is 1.68. The van der Waals surface area contributed by atoms with Crippen molar-refractivity contribution in [3.63, 3.8) is 0 Å². The van der Waals surface area contributed by atoms with Gasteiger partial charge in [0, 0.05) is 43.2 Å². The van der Waals surface area contributed by atoms with Gasteiger partial charge in [-0.05, 0) is 102 Å². The number of rotatable bonds is 12. The molecule has 4 aromatic rings. The lowest BCUT2D eigenvalue weighted by Gasteiger charge is -2.29. The highest BCUT2D eigenvalue weighted by molar-refractivity contribution is 7.89. The number of nitrogens with one attached hydrogen (secondary N) is 4. The zero-order valence-corrected chi connectivity index (χ0v) is 29.6. The molecular formula is C36H42N8O7S. The van der Waals surface area contributed by atoms with E-state index in [9.17, 15) is 22.8 Å². The first-order chi connectivity index (χ1) is 25.1. The number of nitrogens with zero attached hydrogens (tertiary/aromatic N) is 4. The number of aromatic nitrogens is 4. The summed E-state index contributed by atoms with van der Waals surface area (Å²) >= 11 is 0. The van der Waals surface area contributed by atoms with Crippen molar-refractivity contribution in [1.82, 2.24) is 35.6 Å². The number of hydrogen-bond acceptors (Lipinski definition) is 9. The van der Waals surface area contributed by atoms with Crippen molar-refractivity contribution in [3.05, 3.63) is 77.9 Å². The average Bonchev–Trinajstić information content (AvgIpc) is 3.70. The Morgan fingerprint density at radius 3 is 2.42 bits per heavy atom. The highest BCUT2D eigenvalue weighted by atomic mass is 32.2. The lowest BCUT2D eigenvalue weighted by molar-refractivity contribution is -0.130. The van der Waals surface area contributed by atoms with Gasteiger partial charge in [0.1, 0.15) is 6.04 Å². The average molecular weight is 731 g/mol. The first-order valence-electron chi connectivity index (χ1n) is 17.3. The smallest absolute Gasteiger partial charge is 0.404 e. The maximum absolute atomic E-state index is 13.9. The molecule has 0 spiro atoms. The minimum absolute atomic E-state index is 0.156. The van der Waals surface area contributed by atoms with E-state index in [1.165, 1.54) is 4.31 Å². The van der Waals surface area contributed by atoms with Crippen molar-refractivity contribution < 1.29 is 32.6 Å². The fraction of sp³-hybridized carbons (Fsp3) is 0.389. The maximum Gasteiger partial charge on any atom is 0.404 e. The molecule has 15 nitrogen and oxygen atoms in total. The molecule has 0 unspecified atom stereocenters. The molecule has 16 heteroatoms. The van der Waals surface area contributed by atoms with E-state index >= 15 is 0 Å². The molecule has 1 atom stereocenters. The third-order valence-corrected chi connectivity index (χ3v) is 11.5. The molecule has 0 bridgehead atoms. The topological polar surface area (TPSA) is 209 Å². The molecular weight excluding hydrogens is 689 g/mol. The van der Waals surface area contributed by atoms with Gasteiger partial charge in [-0.25, -0.2) is 13.2 Å². The number of hydrogen-bond donors (Lipinski definition) is 5. The van der Waals surface area contributed by atoms with Crippen molar-refractivity contribution in [2.45, 2.75) is 50.0 Å². The summed E-state index contributed by atoms with van der Waals surface area (Å²) in [5.74, 6) is -0.375. The van der Waals surface area contributed by atoms with Crippen LogP contribution in [0.5, 0.6) is 0 Å². The number of morpholine rings is 1. The van der Waals surface area contributed by atoms with Crippen molar-refractivity contribution >= 4 is 33.6 Å². The van der Waals surface area contributed by atoms with Crippen molar-refractivity contribution in [2.75, 3.05) is 38.2 Å². The summed E-state index contributed by atoms with van der Waals surface area (Å²) in [5.41, 5.74) is 4.42. The number of ether oxygens (including phenoxy) is 1. The van der Waals surface area contributed by atoms with Gasteiger partial charge in [-0.15, -0.1) is 10.2 Å². The second-order valence-electron chi connectivity index (χ2n) is 13.2. The molecule has 2 fully saturated rings. The molecule has 2 aliphatic rings. The van der Waals surface area contributed by atoms with Crippen LogP contribution in [-0.4, -0.2) is 95.3 Å². The lowest BCUT2D eigenvalue weighted by atomic mass is 9.81. The van der Waals surface area contributed by atoms with Crippen LogP contribution in [0.2, 0.25) is 0 Å². The molecule has 1 saturated carbocycles. The number of aryl methyl sites for hydroxylation is 1. The number of amides is 3. The van der Waals surface area contributed by atoms with Crippen LogP contribution in [0, 0.1) is 18.8 Å². The van der Waals surface area contributed by atoms with E-state index in [-0.39, 0.29) is 29.1 Å². The number of aromatic amines is 1. The van der Waals surface area contributed by atoms with Gasteiger partial charge in [-0.3, -0.25) is 9.59 Å². The Balaban J connectivity index is 1.21. The highest BCUT2D eigenvalue weighted by Crippen LogP contribution is 2.31. The molecule has 52 heavy (non-hydrogen) atoms.